The summed E-state index contributed by atoms with van der Waals surface area (Å²) in [4.78, 5) is 34.1. The van der Waals surface area contributed by atoms with Crippen LogP contribution in [0, 0.1) is 16.0 Å². The van der Waals surface area contributed by atoms with Crippen molar-refractivity contribution in [1.29, 1.82) is 0 Å². The minimum atomic E-state index is -0.956. The van der Waals surface area contributed by atoms with Crippen LogP contribution >= 0.6 is 11.6 Å². The SMILES string of the molecule is CCCC[C@H](CC)CNC(=O)COC(=O)c1cc(Cl)ccc1[N+](=O)[O-]. The highest BCUT2D eigenvalue weighted by atomic mass is 35.5. The molecule has 7 nitrogen and oxygen atoms in total. The van der Waals surface area contributed by atoms with Gasteiger partial charge in [-0.2, -0.15) is 0 Å². The van der Waals surface area contributed by atoms with E-state index in [9.17, 15) is 19.7 Å². The maximum atomic E-state index is 12.0. The number of carbonyl (C=O) groups excluding carboxylic acids is 2. The number of nitrogens with one attached hydrogen (secondary N) is 1. The highest BCUT2D eigenvalue weighted by Crippen LogP contribution is 2.23. The van der Waals surface area contributed by atoms with Gasteiger partial charge in [0.1, 0.15) is 5.56 Å². The molecule has 25 heavy (non-hydrogen) atoms. The van der Waals surface area contributed by atoms with E-state index >= 15 is 0 Å². The summed E-state index contributed by atoms with van der Waals surface area (Å²) in [6.07, 6.45) is 4.18. The second-order valence-corrected chi connectivity index (χ2v) is 6.15. The Morgan fingerprint density at radius 3 is 2.68 bits per heavy atom. The maximum absolute atomic E-state index is 12.0. The van der Waals surface area contributed by atoms with Gasteiger partial charge in [0.05, 0.1) is 4.92 Å². The molecular formula is C17H23ClN2O5. The van der Waals surface area contributed by atoms with E-state index in [4.69, 9.17) is 16.3 Å². The lowest BCUT2D eigenvalue weighted by Gasteiger charge is -2.15. The van der Waals surface area contributed by atoms with Gasteiger partial charge in [0.25, 0.3) is 11.6 Å². The number of hydrogen-bond donors (Lipinski definition) is 1. The minimum Gasteiger partial charge on any atom is -0.452 e. The van der Waals surface area contributed by atoms with E-state index in [-0.39, 0.29) is 10.6 Å². The molecule has 8 heteroatoms. The molecule has 0 bridgehead atoms. The molecule has 0 saturated carbocycles. The number of benzene rings is 1. The zero-order chi connectivity index (χ0) is 18.8. The van der Waals surface area contributed by atoms with Crippen LogP contribution < -0.4 is 5.32 Å². The Kier molecular flexibility index (Phi) is 8.91. The minimum absolute atomic E-state index is 0.170. The molecule has 1 N–H and O–H groups in total. The molecule has 0 unspecified atom stereocenters. The lowest BCUT2D eigenvalue weighted by Crippen LogP contribution is -2.33. The molecule has 1 aromatic carbocycles. The molecule has 138 valence electrons. The van der Waals surface area contributed by atoms with Crippen molar-refractivity contribution in [2.24, 2.45) is 5.92 Å². The number of rotatable bonds is 10. The first-order valence-corrected chi connectivity index (χ1v) is 8.64. The monoisotopic (exact) mass is 370 g/mol. The third-order valence-corrected chi connectivity index (χ3v) is 4.08. The van der Waals surface area contributed by atoms with Crippen LogP contribution in [0.2, 0.25) is 5.02 Å². The van der Waals surface area contributed by atoms with Gasteiger partial charge >= 0.3 is 5.97 Å². The van der Waals surface area contributed by atoms with Crippen LogP contribution in [0.25, 0.3) is 0 Å². The molecule has 0 aliphatic carbocycles. The third-order valence-electron chi connectivity index (χ3n) is 3.84. The number of esters is 1. The number of nitrogens with zero attached hydrogens (tertiary/aromatic N) is 1. The first-order valence-electron chi connectivity index (χ1n) is 8.26. The van der Waals surface area contributed by atoms with Gasteiger partial charge < -0.3 is 10.1 Å². The number of unbranched alkanes of at least 4 members (excludes halogenated alkanes) is 1. The van der Waals surface area contributed by atoms with Gasteiger partial charge in [-0.1, -0.05) is 44.7 Å². The van der Waals surface area contributed by atoms with Gasteiger partial charge in [0.15, 0.2) is 6.61 Å². The van der Waals surface area contributed by atoms with E-state index in [1.807, 2.05) is 0 Å². The number of ether oxygens (including phenoxy) is 1. The fraction of sp³-hybridized carbons (Fsp3) is 0.529. The van der Waals surface area contributed by atoms with Crippen LogP contribution in [0.1, 0.15) is 49.9 Å². The molecule has 0 fully saturated rings. The molecule has 0 spiro atoms. The summed E-state index contributed by atoms with van der Waals surface area (Å²) >= 11 is 5.76. The van der Waals surface area contributed by atoms with Gasteiger partial charge in [-0.25, -0.2) is 4.79 Å². The van der Waals surface area contributed by atoms with Crippen molar-refractivity contribution < 1.29 is 19.2 Å². The Balaban J connectivity index is 2.55. The number of amides is 1. The Morgan fingerprint density at radius 2 is 2.08 bits per heavy atom. The van der Waals surface area contributed by atoms with Gasteiger partial charge in [0.2, 0.25) is 0 Å². The van der Waals surface area contributed by atoms with Crippen molar-refractivity contribution in [2.45, 2.75) is 39.5 Å². The Bertz CT molecular complexity index is 621. The van der Waals surface area contributed by atoms with E-state index in [1.165, 1.54) is 6.07 Å². The molecule has 0 aromatic heterocycles. The molecule has 1 rings (SSSR count). The summed E-state index contributed by atoms with van der Waals surface area (Å²) < 4.78 is 4.87. The van der Waals surface area contributed by atoms with Gasteiger partial charge in [-0.15, -0.1) is 0 Å². The van der Waals surface area contributed by atoms with Crippen LogP contribution in [0.3, 0.4) is 0 Å². The summed E-state index contributed by atoms with van der Waals surface area (Å²) in [7, 11) is 0. The topological polar surface area (TPSA) is 98.5 Å². The molecule has 0 aliphatic heterocycles. The summed E-state index contributed by atoms with van der Waals surface area (Å²) in [6, 6.07) is 3.58. The maximum Gasteiger partial charge on any atom is 0.345 e. The largest absolute Gasteiger partial charge is 0.452 e. The molecule has 1 atom stereocenters. The lowest BCUT2D eigenvalue weighted by atomic mass is 9.99. The Morgan fingerprint density at radius 1 is 1.36 bits per heavy atom. The average Bonchev–Trinajstić information content (AvgIpc) is 2.59. The second kappa shape index (κ2) is 10.7. The number of hydrogen-bond acceptors (Lipinski definition) is 5. The number of carbonyl (C=O) groups is 2. The Labute approximate surface area is 151 Å². The third kappa shape index (κ3) is 7.09. The van der Waals surface area contributed by atoms with Gasteiger partial charge in [-0.3, -0.25) is 14.9 Å². The number of nitro benzene ring substituents is 1. The van der Waals surface area contributed by atoms with E-state index in [0.29, 0.717) is 12.5 Å². The van der Waals surface area contributed by atoms with Crippen molar-refractivity contribution in [3.63, 3.8) is 0 Å². The lowest BCUT2D eigenvalue weighted by molar-refractivity contribution is -0.385. The standard InChI is InChI=1S/C17H23ClN2O5/c1-3-5-6-12(4-2)10-19-16(21)11-25-17(22)14-9-13(18)7-8-15(14)20(23)24/h7-9,12H,3-6,10-11H2,1-2H3,(H,19,21)/t12-/m0/s1. The van der Waals surface area contributed by atoms with Crippen LogP contribution in [0.4, 0.5) is 5.69 Å². The predicted octanol–water partition coefficient (Wildman–Crippen LogP) is 3.74. The van der Waals surface area contributed by atoms with Crippen molar-refractivity contribution in [3.05, 3.63) is 38.9 Å². The molecule has 1 aromatic rings. The summed E-state index contributed by atoms with van der Waals surface area (Å²) in [5.41, 5.74) is -0.694. The number of nitro groups is 1. The molecule has 0 aliphatic rings. The zero-order valence-electron chi connectivity index (χ0n) is 14.4. The molecule has 0 saturated heterocycles. The van der Waals surface area contributed by atoms with Crippen LogP contribution in [0.5, 0.6) is 0 Å². The molecular weight excluding hydrogens is 348 g/mol. The summed E-state index contributed by atoms with van der Waals surface area (Å²) in [5, 5.41) is 13.8. The quantitative estimate of drug-likeness (QED) is 0.384. The van der Waals surface area contributed by atoms with E-state index in [0.717, 1.165) is 37.8 Å². The smallest absolute Gasteiger partial charge is 0.345 e. The van der Waals surface area contributed by atoms with E-state index < -0.39 is 29.1 Å². The summed E-state index contributed by atoms with van der Waals surface area (Å²) in [6.45, 7) is 4.20. The van der Waals surface area contributed by atoms with E-state index in [2.05, 4.69) is 19.2 Å². The van der Waals surface area contributed by atoms with Crippen molar-refractivity contribution >= 4 is 29.2 Å². The van der Waals surface area contributed by atoms with Crippen molar-refractivity contribution in [3.8, 4) is 0 Å². The second-order valence-electron chi connectivity index (χ2n) is 5.72. The van der Waals surface area contributed by atoms with E-state index in [1.54, 1.807) is 0 Å². The van der Waals surface area contributed by atoms with Gasteiger partial charge in [0, 0.05) is 17.6 Å². The van der Waals surface area contributed by atoms with Crippen LogP contribution in [0.15, 0.2) is 18.2 Å². The highest BCUT2D eigenvalue weighted by molar-refractivity contribution is 6.31. The normalized spacial score (nSPS) is 11.6. The first kappa shape index (κ1) is 20.9. The van der Waals surface area contributed by atoms with Crippen LogP contribution in [-0.4, -0.2) is 30.0 Å². The van der Waals surface area contributed by atoms with Crippen molar-refractivity contribution in [1.82, 2.24) is 5.32 Å². The summed E-state index contributed by atoms with van der Waals surface area (Å²) in [5.74, 6) is -1.01. The molecule has 0 radical (unpaired) electrons. The first-order chi connectivity index (χ1) is 11.9. The van der Waals surface area contributed by atoms with Crippen molar-refractivity contribution in [2.75, 3.05) is 13.2 Å². The predicted molar refractivity (Wildman–Crippen MR) is 94.7 cm³/mol. The highest BCUT2D eigenvalue weighted by Gasteiger charge is 2.22. The average molecular weight is 371 g/mol. The van der Waals surface area contributed by atoms with Gasteiger partial charge in [-0.05, 0) is 24.5 Å². The fourth-order valence-electron chi connectivity index (χ4n) is 2.29. The molecule has 1 amide bonds. The molecule has 0 heterocycles. The zero-order valence-corrected chi connectivity index (χ0v) is 15.2. The fourth-order valence-corrected chi connectivity index (χ4v) is 2.46. The van der Waals surface area contributed by atoms with Crippen LogP contribution in [-0.2, 0) is 9.53 Å². The number of halogens is 1. The Hall–Kier alpha value is -2.15.